The summed E-state index contributed by atoms with van der Waals surface area (Å²) >= 11 is 0. The van der Waals surface area contributed by atoms with Crippen LogP contribution in [0.5, 0.6) is 11.5 Å². The van der Waals surface area contributed by atoms with Gasteiger partial charge in [0.1, 0.15) is 5.75 Å². The first kappa shape index (κ1) is 17.8. The number of nitrogens with zero attached hydrogens (tertiary/aromatic N) is 4. The first-order valence-electron chi connectivity index (χ1n) is 9.53. The van der Waals surface area contributed by atoms with Crippen LogP contribution >= 0.6 is 0 Å². The molecule has 2 aromatic rings. The maximum atomic E-state index is 13.9. The van der Waals surface area contributed by atoms with E-state index in [1.165, 1.54) is 24.6 Å². The largest absolute Gasteiger partial charge is 0.451 e. The quantitative estimate of drug-likeness (QED) is 0.648. The highest BCUT2D eigenvalue weighted by molar-refractivity contribution is 5.82. The summed E-state index contributed by atoms with van der Waals surface area (Å²) in [6.45, 7) is 0. The van der Waals surface area contributed by atoms with Crippen LogP contribution < -0.4 is 9.75 Å². The standard InChI is InChI=1S/C22H19F2N4O/c23-20-5-2-6-21(24)22(20)29-19-9-7-17(8-10-19)27(16-3-1-4-16)28-12-11-25-13-18(28)14-26-15-28/h2,5-16H,1,3-4H2/q+1. The number of anilines is 1. The number of para-hydroxylation sites is 1. The van der Waals surface area contributed by atoms with Gasteiger partial charge in [-0.3, -0.25) is 4.99 Å². The molecule has 1 atom stereocenters. The predicted molar refractivity (Wildman–Crippen MR) is 107 cm³/mol. The van der Waals surface area contributed by atoms with Crippen molar-refractivity contribution in [1.29, 1.82) is 0 Å². The summed E-state index contributed by atoms with van der Waals surface area (Å²) in [5.74, 6) is -1.49. The maximum absolute atomic E-state index is 13.9. The first-order valence-corrected chi connectivity index (χ1v) is 9.53. The zero-order valence-electron chi connectivity index (χ0n) is 15.6. The fraction of sp³-hybridized carbons (Fsp3) is 0.182. The van der Waals surface area contributed by atoms with E-state index in [-0.39, 0.29) is 0 Å². The number of ether oxygens (including phenoxy) is 1. The van der Waals surface area contributed by atoms with E-state index in [4.69, 9.17) is 4.74 Å². The Balaban J connectivity index is 1.47. The summed E-state index contributed by atoms with van der Waals surface area (Å²) in [5, 5.41) is 2.29. The minimum atomic E-state index is -0.732. The molecule has 146 valence electrons. The van der Waals surface area contributed by atoms with Gasteiger partial charge in [0.25, 0.3) is 0 Å². The van der Waals surface area contributed by atoms with Crippen molar-refractivity contribution in [3.05, 3.63) is 78.4 Å². The van der Waals surface area contributed by atoms with Gasteiger partial charge in [0.15, 0.2) is 23.6 Å². The zero-order chi connectivity index (χ0) is 19.8. The van der Waals surface area contributed by atoms with Gasteiger partial charge >= 0.3 is 0 Å². The molecule has 3 aliphatic rings. The molecule has 1 unspecified atom stereocenters. The van der Waals surface area contributed by atoms with Crippen LogP contribution in [0.4, 0.5) is 14.5 Å². The SMILES string of the molecule is Fc1cccc(F)c1Oc1ccc(N(C2CCC2)[N+]23C=CN=CC2=CN=C3)cc1. The molecule has 5 rings (SSSR count). The van der Waals surface area contributed by atoms with E-state index in [1.54, 1.807) is 18.3 Å². The Kier molecular flexibility index (Phi) is 4.24. The van der Waals surface area contributed by atoms with E-state index in [0.717, 1.165) is 24.2 Å². The van der Waals surface area contributed by atoms with Crippen LogP contribution in [0.15, 0.2) is 76.7 Å². The topological polar surface area (TPSA) is 37.2 Å². The van der Waals surface area contributed by atoms with Crippen molar-refractivity contribution in [3.63, 3.8) is 0 Å². The van der Waals surface area contributed by atoms with Gasteiger partial charge in [0.05, 0.1) is 30.3 Å². The Morgan fingerprint density at radius 2 is 1.76 bits per heavy atom. The number of hydrogen-bond acceptors (Lipinski definition) is 4. The lowest BCUT2D eigenvalue weighted by Crippen LogP contribution is -2.61. The third kappa shape index (κ3) is 2.94. The van der Waals surface area contributed by atoms with E-state index >= 15 is 0 Å². The molecule has 0 bridgehead atoms. The van der Waals surface area contributed by atoms with Crippen LogP contribution in [-0.2, 0) is 0 Å². The van der Waals surface area contributed by atoms with Crippen molar-refractivity contribution in [2.45, 2.75) is 25.3 Å². The van der Waals surface area contributed by atoms with Crippen LogP contribution in [0.2, 0.25) is 0 Å². The third-order valence-electron chi connectivity index (χ3n) is 5.47. The Morgan fingerprint density at radius 1 is 1.00 bits per heavy atom. The van der Waals surface area contributed by atoms with Crippen molar-refractivity contribution < 1.29 is 18.1 Å². The summed E-state index contributed by atoms with van der Waals surface area (Å²) in [5.41, 5.74) is 1.93. The van der Waals surface area contributed by atoms with E-state index in [2.05, 4.69) is 15.0 Å². The second kappa shape index (κ2) is 6.93. The summed E-state index contributed by atoms with van der Waals surface area (Å²) in [6, 6.07) is 11.3. The molecule has 7 heteroatoms. The average molecular weight is 393 g/mol. The third-order valence-corrected chi connectivity index (χ3v) is 5.47. The smallest absolute Gasteiger partial charge is 0.225 e. The lowest BCUT2D eigenvalue weighted by Gasteiger charge is -2.46. The zero-order valence-corrected chi connectivity index (χ0v) is 15.6. The minimum absolute atomic E-state index is 0.356. The molecule has 2 aliphatic heterocycles. The predicted octanol–water partition coefficient (Wildman–Crippen LogP) is 5.29. The molecule has 2 heterocycles. The molecule has 0 radical (unpaired) electrons. The highest BCUT2D eigenvalue weighted by Gasteiger charge is 2.46. The minimum Gasteiger partial charge on any atom is -0.451 e. The summed E-state index contributed by atoms with van der Waals surface area (Å²) in [6.07, 6.45) is 12.7. The number of quaternary nitrogens is 1. The van der Waals surface area contributed by atoms with Crippen LogP contribution in [0, 0.1) is 11.6 Å². The normalized spacial score (nSPS) is 22.2. The number of aliphatic imine (C=N–C) groups is 2. The molecule has 0 N–H and O–H groups in total. The molecule has 1 aliphatic carbocycles. The van der Waals surface area contributed by atoms with E-state index in [9.17, 15) is 8.78 Å². The van der Waals surface area contributed by atoms with Crippen LogP contribution in [0.3, 0.4) is 0 Å². The Hall–Kier alpha value is -3.32. The molecular weight excluding hydrogens is 374 g/mol. The second-order valence-electron chi connectivity index (χ2n) is 7.21. The molecule has 0 saturated heterocycles. The molecule has 5 nitrogen and oxygen atoms in total. The number of hydrogen-bond donors (Lipinski definition) is 0. The number of fused-ring (bicyclic) bond motifs is 1. The fourth-order valence-electron chi connectivity index (χ4n) is 3.80. The lowest BCUT2D eigenvalue weighted by atomic mass is 9.92. The van der Waals surface area contributed by atoms with Crippen molar-refractivity contribution >= 4 is 18.2 Å². The summed E-state index contributed by atoms with van der Waals surface area (Å²) in [4.78, 5) is 8.61. The fourth-order valence-corrected chi connectivity index (χ4v) is 3.80. The summed E-state index contributed by atoms with van der Waals surface area (Å²) in [7, 11) is 0. The van der Waals surface area contributed by atoms with Gasteiger partial charge in [-0.15, -0.1) is 4.59 Å². The summed E-state index contributed by atoms with van der Waals surface area (Å²) < 4.78 is 33.6. The molecule has 1 saturated carbocycles. The molecule has 0 aromatic heterocycles. The maximum Gasteiger partial charge on any atom is 0.225 e. The van der Waals surface area contributed by atoms with Gasteiger partial charge in [-0.1, -0.05) is 6.07 Å². The Morgan fingerprint density at radius 3 is 2.45 bits per heavy atom. The van der Waals surface area contributed by atoms with Crippen LogP contribution in [0.25, 0.3) is 0 Å². The lowest BCUT2D eigenvalue weighted by molar-refractivity contribution is -0.746. The average Bonchev–Trinajstić information content (AvgIpc) is 3.13. The van der Waals surface area contributed by atoms with Crippen molar-refractivity contribution in [2.24, 2.45) is 9.98 Å². The van der Waals surface area contributed by atoms with Crippen molar-refractivity contribution in [2.75, 3.05) is 5.01 Å². The molecule has 29 heavy (non-hydrogen) atoms. The Labute approximate surface area is 167 Å². The van der Waals surface area contributed by atoms with E-state index < -0.39 is 17.4 Å². The Bertz CT molecular complexity index is 1040. The highest BCUT2D eigenvalue weighted by atomic mass is 19.1. The second-order valence-corrected chi connectivity index (χ2v) is 7.21. The monoisotopic (exact) mass is 393 g/mol. The van der Waals surface area contributed by atoms with E-state index in [1.807, 2.05) is 37.1 Å². The van der Waals surface area contributed by atoms with Gasteiger partial charge in [0, 0.05) is 0 Å². The molecule has 1 fully saturated rings. The number of allylic oxidation sites excluding steroid dienone is 1. The van der Waals surface area contributed by atoms with Gasteiger partial charge < -0.3 is 4.74 Å². The van der Waals surface area contributed by atoms with Crippen molar-refractivity contribution in [3.8, 4) is 11.5 Å². The molecular formula is C22H19F2N4O+. The number of rotatable bonds is 5. The molecule has 0 spiro atoms. The first-order chi connectivity index (χ1) is 14.2. The van der Waals surface area contributed by atoms with Gasteiger partial charge in [-0.2, -0.15) is 0 Å². The van der Waals surface area contributed by atoms with E-state index in [0.29, 0.717) is 16.4 Å². The van der Waals surface area contributed by atoms with Crippen molar-refractivity contribution in [1.82, 2.24) is 0 Å². The van der Waals surface area contributed by atoms with Crippen LogP contribution in [0.1, 0.15) is 19.3 Å². The highest BCUT2D eigenvalue weighted by Crippen LogP contribution is 2.39. The van der Waals surface area contributed by atoms with Crippen LogP contribution in [-0.4, -0.2) is 23.2 Å². The van der Waals surface area contributed by atoms with Gasteiger partial charge in [0.2, 0.25) is 12.0 Å². The molecule has 0 amide bonds. The number of halogens is 2. The number of benzene rings is 2. The van der Waals surface area contributed by atoms with Gasteiger partial charge in [-0.25, -0.2) is 18.8 Å². The van der Waals surface area contributed by atoms with Gasteiger partial charge in [-0.05, 0) is 55.7 Å². The molecule has 2 aromatic carbocycles.